The highest BCUT2D eigenvalue weighted by atomic mass is 16.3. The Kier molecular flexibility index (Phi) is 3.39. The van der Waals surface area contributed by atoms with Gasteiger partial charge in [-0.15, -0.1) is 0 Å². The first-order valence-electron chi connectivity index (χ1n) is 6.65. The number of fused-ring (bicyclic) bond motifs is 1. The maximum Gasteiger partial charge on any atom is 0.196 e. The minimum atomic E-state index is -0.370. The lowest BCUT2D eigenvalue weighted by Gasteiger charge is -2.06. The Hall–Kier alpha value is -3.08. The van der Waals surface area contributed by atoms with Gasteiger partial charge in [-0.1, -0.05) is 18.2 Å². The molecule has 0 aliphatic carbocycles. The van der Waals surface area contributed by atoms with Gasteiger partial charge in [0.2, 0.25) is 0 Å². The van der Waals surface area contributed by atoms with Gasteiger partial charge in [-0.2, -0.15) is 0 Å². The monoisotopic (exact) mass is 295 g/mol. The van der Waals surface area contributed by atoms with Crippen molar-refractivity contribution in [1.82, 2.24) is 0 Å². The van der Waals surface area contributed by atoms with Crippen LogP contribution in [0.2, 0.25) is 0 Å². The lowest BCUT2D eigenvalue weighted by atomic mass is 10.1. The van der Waals surface area contributed by atoms with Gasteiger partial charge in [0.1, 0.15) is 28.2 Å². The third kappa shape index (κ3) is 2.44. The molecule has 3 aromatic rings. The van der Waals surface area contributed by atoms with Crippen molar-refractivity contribution >= 4 is 22.9 Å². The van der Waals surface area contributed by atoms with Gasteiger partial charge in [-0.25, -0.2) is 0 Å². The van der Waals surface area contributed by atoms with Crippen LogP contribution in [0, 0.1) is 6.92 Å². The maximum atomic E-state index is 12.0. The molecular formula is C17H13NO4. The highest BCUT2D eigenvalue weighted by Gasteiger charge is 2.15. The molecule has 1 aromatic heterocycles. The average Bonchev–Trinajstić information content (AvgIpc) is 2.47. The van der Waals surface area contributed by atoms with E-state index in [0.717, 1.165) is 0 Å². The molecular weight excluding hydrogens is 282 g/mol. The molecule has 0 amide bonds. The molecule has 0 saturated carbocycles. The summed E-state index contributed by atoms with van der Waals surface area (Å²) in [6.07, 6.45) is 1.32. The van der Waals surface area contributed by atoms with Gasteiger partial charge in [0.15, 0.2) is 5.43 Å². The minimum Gasteiger partial charge on any atom is -0.507 e. The van der Waals surface area contributed by atoms with Crippen LogP contribution < -0.4 is 5.43 Å². The first-order valence-corrected chi connectivity index (χ1v) is 6.65. The van der Waals surface area contributed by atoms with Crippen molar-refractivity contribution in [1.29, 1.82) is 0 Å². The summed E-state index contributed by atoms with van der Waals surface area (Å²) in [4.78, 5) is 16.2. The lowest BCUT2D eigenvalue weighted by molar-refractivity contribution is 0.449. The number of aromatic hydroxyl groups is 2. The Bertz CT molecular complexity index is 927. The van der Waals surface area contributed by atoms with Crippen molar-refractivity contribution in [3.05, 3.63) is 64.0 Å². The Morgan fingerprint density at radius 3 is 2.59 bits per heavy atom. The van der Waals surface area contributed by atoms with Crippen LogP contribution in [0.1, 0.15) is 11.3 Å². The molecule has 3 rings (SSSR count). The number of aryl methyl sites for hydroxylation is 1. The van der Waals surface area contributed by atoms with Crippen LogP contribution in [0.25, 0.3) is 11.0 Å². The summed E-state index contributed by atoms with van der Waals surface area (Å²) in [6, 6.07) is 11.7. The summed E-state index contributed by atoms with van der Waals surface area (Å²) in [5.41, 5.74) is 0.507. The first kappa shape index (κ1) is 13.9. The lowest BCUT2D eigenvalue weighted by Crippen LogP contribution is -2.02. The van der Waals surface area contributed by atoms with Crippen molar-refractivity contribution in [2.45, 2.75) is 6.92 Å². The molecule has 0 aliphatic heterocycles. The van der Waals surface area contributed by atoms with Crippen LogP contribution in [0.3, 0.4) is 0 Å². The molecule has 22 heavy (non-hydrogen) atoms. The first-order chi connectivity index (χ1) is 10.6. The number of phenols is 2. The number of rotatable bonds is 2. The topological polar surface area (TPSA) is 83.0 Å². The molecule has 1 heterocycles. The molecule has 0 fully saturated rings. The SMILES string of the molecule is Cc1cc(=O)c2c(O)c(C=Nc3ccccc3)c(O)cc2o1. The predicted molar refractivity (Wildman–Crippen MR) is 84.2 cm³/mol. The van der Waals surface area contributed by atoms with Gasteiger partial charge in [0.05, 0.1) is 11.3 Å². The highest BCUT2D eigenvalue weighted by Crippen LogP contribution is 2.33. The predicted octanol–water partition coefficient (Wildman–Crippen LogP) is 3.26. The Balaban J connectivity index is 2.19. The van der Waals surface area contributed by atoms with Gasteiger partial charge in [0, 0.05) is 18.3 Å². The maximum absolute atomic E-state index is 12.0. The van der Waals surface area contributed by atoms with E-state index in [9.17, 15) is 15.0 Å². The van der Waals surface area contributed by atoms with Crippen LogP contribution in [0.15, 0.2) is 56.7 Å². The summed E-state index contributed by atoms with van der Waals surface area (Å²) in [5, 5.41) is 20.3. The summed E-state index contributed by atoms with van der Waals surface area (Å²) in [5.74, 6) is -0.149. The van der Waals surface area contributed by atoms with Gasteiger partial charge in [-0.05, 0) is 19.1 Å². The molecule has 0 aliphatic rings. The zero-order valence-electron chi connectivity index (χ0n) is 11.8. The van der Waals surface area contributed by atoms with Crippen molar-refractivity contribution < 1.29 is 14.6 Å². The largest absolute Gasteiger partial charge is 0.507 e. The zero-order valence-corrected chi connectivity index (χ0v) is 11.8. The fourth-order valence-corrected chi connectivity index (χ4v) is 2.21. The number of para-hydroxylation sites is 1. The van der Waals surface area contributed by atoms with Crippen LogP contribution >= 0.6 is 0 Å². The van der Waals surface area contributed by atoms with Crippen molar-refractivity contribution in [2.75, 3.05) is 0 Å². The van der Waals surface area contributed by atoms with Crippen LogP contribution in [0.4, 0.5) is 5.69 Å². The number of aliphatic imine (C=N–C) groups is 1. The number of nitrogens with zero attached hydrogens (tertiary/aromatic N) is 1. The van der Waals surface area contributed by atoms with Crippen molar-refractivity contribution in [3.63, 3.8) is 0 Å². The fraction of sp³-hybridized carbons (Fsp3) is 0.0588. The van der Waals surface area contributed by atoms with E-state index in [1.165, 1.54) is 18.3 Å². The van der Waals surface area contributed by atoms with Crippen molar-refractivity contribution in [2.24, 2.45) is 4.99 Å². The second kappa shape index (κ2) is 5.37. The third-order valence-corrected chi connectivity index (χ3v) is 3.23. The number of hydrogen-bond donors (Lipinski definition) is 2. The number of phenolic OH excluding ortho intramolecular Hbond substituents is 2. The van der Waals surface area contributed by atoms with E-state index in [2.05, 4.69) is 4.99 Å². The molecule has 2 aromatic carbocycles. The van der Waals surface area contributed by atoms with E-state index >= 15 is 0 Å². The van der Waals surface area contributed by atoms with E-state index in [-0.39, 0.29) is 33.5 Å². The quantitative estimate of drug-likeness (QED) is 0.711. The third-order valence-electron chi connectivity index (χ3n) is 3.23. The summed E-state index contributed by atoms with van der Waals surface area (Å²) >= 11 is 0. The van der Waals surface area contributed by atoms with Gasteiger partial charge in [0.25, 0.3) is 0 Å². The van der Waals surface area contributed by atoms with Crippen LogP contribution in [-0.4, -0.2) is 16.4 Å². The normalized spacial score (nSPS) is 11.3. The molecule has 2 N–H and O–H groups in total. The van der Waals surface area contributed by atoms with Gasteiger partial charge < -0.3 is 14.6 Å². The minimum absolute atomic E-state index is 0.0258. The summed E-state index contributed by atoms with van der Waals surface area (Å²) in [6.45, 7) is 1.62. The standard InChI is InChI=1S/C17H13NO4/c1-10-7-14(20)16-15(22-10)8-13(19)12(17(16)21)9-18-11-5-3-2-4-6-11/h2-9,19,21H,1H3. The summed E-state index contributed by atoms with van der Waals surface area (Å²) < 4.78 is 5.36. The molecule has 0 bridgehead atoms. The molecule has 0 radical (unpaired) electrons. The van der Waals surface area contributed by atoms with E-state index in [4.69, 9.17) is 4.42 Å². The van der Waals surface area contributed by atoms with Gasteiger partial charge >= 0.3 is 0 Å². The second-order valence-electron chi connectivity index (χ2n) is 4.85. The smallest absolute Gasteiger partial charge is 0.196 e. The van der Waals surface area contributed by atoms with Gasteiger partial charge in [-0.3, -0.25) is 9.79 Å². The zero-order chi connectivity index (χ0) is 15.7. The van der Waals surface area contributed by atoms with Crippen LogP contribution in [-0.2, 0) is 0 Å². The van der Waals surface area contributed by atoms with Crippen molar-refractivity contribution in [3.8, 4) is 11.5 Å². The summed E-state index contributed by atoms with van der Waals surface area (Å²) in [7, 11) is 0. The number of benzene rings is 2. The van der Waals surface area contributed by atoms with E-state index in [0.29, 0.717) is 11.4 Å². The average molecular weight is 295 g/mol. The molecule has 110 valence electrons. The molecule has 0 spiro atoms. The Morgan fingerprint density at radius 1 is 1.14 bits per heavy atom. The molecule has 5 heteroatoms. The highest BCUT2D eigenvalue weighted by molar-refractivity contribution is 5.98. The Labute approximate surface area is 125 Å². The molecule has 0 atom stereocenters. The van der Waals surface area contributed by atoms with E-state index in [1.807, 2.05) is 18.2 Å². The van der Waals surface area contributed by atoms with E-state index in [1.54, 1.807) is 19.1 Å². The number of hydrogen-bond acceptors (Lipinski definition) is 5. The Morgan fingerprint density at radius 2 is 1.86 bits per heavy atom. The molecule has 5 nitrogen and oxygen atoms in total. The van der Waals surface area contributed by atoms with E-state index < -0.39 is 0 Å². The molecule has 0 saturated heterocycles. The molecule has 0 unspecified atom stereocenters. The second-order valence-corrected chi connectivity index (χ2v) is 4.85. The fourth-order valence-electron chi connectivity index (χ4n) is 2.21. The van der Waals surface area contributed by atoms with Crippen LogP contribution in [0.5, 0.6) is 11.5 Å².